The molecule has 7 heteroatoms. The van der Waals surface area contributed by atoms with Crippen LogP contribution >= 0.6 is 0 Å². The fraction of sp³-hybridized carbons (Fsp3) is 0.923. The Balaban J connectivity index is 2.38. The molecule has 118 valence electrons. The summed E-state index contributed by atoms with van der Waals surface area (Å²) in [4.78, 5) is 11.5. The molecule has 20 heavy (non-hydrogen) atoms. The monoisotopic (exact) mass is 306 g/mol. The smallest absolute Gasteiger partial charge is 0.407 e. The summed E-state index contributed by atoms with van der Waals surface area (Å²) in [6.45, 7) is 9.62. The highest BCUT2D eigenvalue weighted by atomic mass is 32.2. The van der Waals surface area contributed by atoms with Crippen molar-refractivity contribution in [2.45, 2.75) is 58.2 Å². The van der Waals surface area contributed by atoms with Gasteiger partial charge in [0.2, 0.25) is 0 Å². The van der Waals surface area contributed by atoms with E-state index < -0.39 is 27.1 Å². The first-order valence-corrected chi connectivity index (χ1v) is 8.68. The molecule has 1 aliphatic heterocycles. The van der Waals surface area contributed by atoms with Crippen molar-refractivity contribution in [3.8, 4) is 0 Å². The summed E-state index contributed by atoms with van der Waals surface area (Å²) in [5.41, 5.74) is -0.930. The average Bonchev–Trinajstić information content (AvgIpc) is 2.47. The van der Waals surface area contributed by atoms with Crippen LogP contribution in [0.25, 0.3) is 0 Å². The Labute approximate surface area is 121 Å². The molecule has 0 aromatic rings. The van der Waals surface area contributed by atoms with Gasteiger partial charge in [0.05, 0.1) is 11.5 Å². The Morgan fingerprint density at radius 2 is 2.00 bits per heavy atom. The van der Waals surface area contributed by atoms with E-state index in [9.17, 15) is 13.2 Å². The molecule has 6 nitrogen and oxygen atoms in total. The number of carbonyl (C=O) groups is 1. The minimum absolute atomic E-state index is 0.0270. The predicted octanol–water partition coefficient (Wildman–Crippen LogP) is 1.07. The molecule has 0 saturated carbocycles. The number of nitrogens with one attached hydrogen (secondary N) is 2. The first kappa shape index (κ1) is 17.2. The maximum absolute atomic E-state index is 11.5. The molecule has 1 aliphatic rings. The van der Waals surface area contributed by atoms with Gasteiger partial charge >= 0.3 is 6.09 Å². The van der Waals surface area contributed by atoms with Gasteiger partial charge in [-0.15, -0.1) is 0 Å². The maximum Gasteiger partial charge on any atom is 0.407 e. The molecular weight excluding hydrogens is 280 g/mol. The van der Waals surface area contributed by atoms with E-state index in [1.54, 1.807) is 20.8 Å². The van der Waals surface area contributed by atoms with E-state index in [1.165, 1.54) is 0 Å². The number of ether oxygens (including phenoxy) is 1. The Bertz CT molecular complexity index is 455. The summed E-state index contributed by atoms with van der Waals surface area (Å²) in [5.74, 6) is 0.374. The van der Waals surface area contributed by atoms with Crippen LogP contribution in [0.2, 0.25) is 0 Å². The van der Waals surface area contributed by atoms with E-state index in [1.807, 2.05) is 13.8 Å². The molecule has 0 radical (unpaired) electrons. The Kier molecular flexibility index (Phi) is 5.08. The van der Waals surface area contributed by atoms with Crippen LogP contribution in [0, 0.1) is 0 Å². The van der Waals surface area contributed by atoms with Crippen molar-refractivity contribution in [1.82, 2.24) is 10.6 Å². The molecule has 0 bridgehead atoms. The van der Waals surface area contributed by atoms with Crippen molar-refractivity contribution in [2.24, 2.45) is 0 Å². The summed E-state index contributed by atoms with van der Waals surface area (Å²) < 4.78 is 28.2. The lowest BCUT2D eigenvalue weighted by Gasteiger charge is -2.29. The second-order valence-corrected chi connectivity index (χ2v) is 9.01. The molecule has 0 aromatic carbocycles. The van der Waals surface area contributed by atoms with Gasteiger partial charge in [0.15, 0.2) is 9.84 Å². The summed E-state index contributed by atoms with van der Waals surface area (Å²) >= 11 is 0. The molecule has 2 atom stereocenters. The molecule has 2 unspecified atom stereocenters. The largest absolute Gasteiger partial charge is 0.444 e. The van der Waals surface area contributed by atoms with E-state index in [2.05, 4.69) is 10.6 Å². The van der Waals surface area contributed by atoms with E-state index >= 15 is 0 Å². The minimum atomic E-state index is -2.93. The average molecular weight is 306 g/mol. The highest BCUT2D eigenvalue weighted by Crippen LogP contribution is 2.23. The second kappa shape index (κ2) is 5.89. The molecule has 1 heterocycles. The number of hydrogen-bond donors (Lipinski definition) is 2. The molecule has 0 spiro atoms. The lowest BCUT2D eigenvalue weighted by molar-refractivity contribution is 0.0521. The van der Waals surface area contributed by atoms with Gasteiger partial charge in [-0.1, -0.05) is 0 Å². The number of alkyl carbamates (subject to hydrolysis) is 1. The van der Waals surface area contributed by atoms with Crippen molar-refractivity contribution in [1.29, 1.82) is 0 Å². The lowest BCUT2D eigenvalue weighted by Crippen LogP contribution is -2.52. The standard InChI is InChI=1S/C13H26N2O4S/c1-10(8-14-11(16)19-12(2,3)4)15-13(5)6-7-20(17,18)9-13/h10,15H,6-9H2,1-5H3,(H,14,16). The quantitative estimate of drug-likeness (QED) is 0.811. The van der Waals surface area contributed by atoms with Gasteiger partial charge in [-0.3, -0.25) is 0 Å². The highest BCUT2D eigenvalue weighted by molar-refractivity contribution is 7.91. The Morgan fingerprint density at radius 3 is 2.45 bits per heavy atom. The topological polar surface area (TPSA) is 84.5 Å². The molecule has 0 aliphatic carbocycles. The summed E-state index contributed by atoms with van der Waals surface area (Å²) in [5, 5.41) is 5.96. The van der Waals surface area contributed by atoms with Crippen molar-refractivity contribution >= 4 is 15.9 Å². The number of carbonyl (C=O) groups excluding carboxylic acids is 1. The summed E-state index contributed by atoms with van der Waals surface area (Å²) in [6.07, 6.45) is 0.141. The molecule has 1 fully saturated rings. The molecule has 1 saturated heterocycles. The first-order valence-electron chi connectivity index (χ1n) is 6.86. The van der Waals surface area contributed by atoms with Crippen LogP contribution in [0.15, 0.2) is 0 Å². The lowest BCUT2D eigenvalue weighted by atomic mass is 10.0. The zero-order valence-corrected chi connectivity index (χ0v) is 13.8. The van der Waals surface area contributed by atoms with E-state index in [0.717, 1.165) is 0 Å². The summed E-state index contributed by atoms with van der Waals surface area (Å²) in [6, 6.07) is -0.0270. The normalized spacial score (nSPS) is 27.1. The third-order valence-electron chi connectivity index (χ3n) is 3.05. The molecule has 0 aromatic heterocycles. The highest BCUT2D eigenvalue weighted by Gasteiger charge is 2.38. The number of rotatable bonds is 4. The summed E-state index contributed by atoms with van der Waals surface area (Å²) in [7, 11) is -2.93. The van der Waals surface area contributed by atoms with Crippen LogP contribution in [-0.2, 0) is 14.6 Å². The number of sulfone groups is 1. The maximum atomic E-state index is 11.5. The first-order chi connectivity index (χ1) is 8.91. The van der Waals surface area contributed by atoms with Crippen LogP contribution in [0.3, 0.4) is 0 Å². The second-order valence-electron chi connectivity index (χ2n) is 6.83. The van der Waals surface area contributed by atoms with Crippen LogP contribution in [-0.4, -0.2) is 49.7 Å². The zero-order chi connectivity index (χ0) is 15.6. The fourth-order valence-electron chi connectivity index (χ4n) is 2.32. The van der Waals surface area contributed by atoms with Crippen LogP contribution in [0.1, 0.15) is 41.0 Å². The van der Waals surface area contributed by atoms with Gasteiger partial charge in [-0.05, 0) is 41.0 Å². The van der Waals surface area contributed by atoms with Crippen LogP contribution in [0.4, 0.5) is 4.79 Å². The van der Waals surface area contributed by atoms with E-state index in [4.69, 9.17) is 4.74 Å². The van der Waals surface area contributed by atoms with Gasteiger partial charge < -0.3 is 15.4 Å². The number of amides is 1. The van der Waals surface area contributed by atoms with Gasteiger partial charge in [-0.25, -0.2) is 13.2 Å². The minimum Gasteiger partial charge on any atom is -0.444 e. The third-order valence-corrected chi connectivity index (χ3v) is 4.95. The van der Waals surface area contributed by atoms with Crippen molar-refractivity contribution in [3.63, 3.8) is 0 Å². The van der Waals surface area contributed by atoms with Gasteiger partial charge in [0.1, 0.15) is 5.60 Å². The van der Waals surface area contributed by atoms with Crippen LogP contribution in [0.5, 0.6) is 0 Å². The third kappa shape index (κ3) is 6.09. The Morgan fingerprint density at radius 1 is 1.40 bits per heavy atom. The van der Waals surface area contributed by atoms with Crippen molar-refractivity contribution in [2.75, 3.05) is 18.1 Å². The predicted molar refractivity (Wildman–Crippen MR) is 78.5 cm³/mol. The van der Waals surface area contributed by atoms with Gasteiger partial charge in [0, 0.05) is 18.1 Å². The van der Waals surface area contributed by atoms with E-state index in [-0.39, 0.29) is 17.5 Å². The van der Waals surface area contributed by atoms with Crippen molar-refractivity contribution in [3.05, 3.63) is 0 Å². The molecule has 1 amide bonds. The van der Waals surface area contributed by atoms with Gasteiger partial charge in [0.25, 0.3) is 0 Å². The molecule has 1 rings (SSSR count). The van der Waals surface area contributed by atoms with Gasteiger partial charge in [-0.2, -0.15) is 0 Å². The molecule has 2 N–H and O–H groups in total. The van der Waals surface area contributed by atoms with Crippen molar-refractivity contribution < 1.29 is 17.9 Å². The van der Waals surface area contributed by atoms with Crippen LogP contribution < -0.4 is 10.6 Å². The SMILES string of the molecule is CC(CNC(=O)OC(C)(C)C)NC1(C)CCS(=O)(=O)C1. The number of hydrogen-bond acceptors (Lipinski definition) is 5. The Hall–Kier alpha value is -0.820. The fourth-order valence-corrected chi connectivity index (χ4v) is 4.43. The van der Waals surface area contributed by atoms with E-state index in [0.29, 0.717) is 13.0 Å². The zero-order valence-electron chi connectivity index (χ0n) is 12.9. The molecular formula is C13H26N2O4S.